The van der Waals surface area contributed by atoms with Gasteiger partial charge in [0.15, 0.2) is 5.78 Å². The Morgan fingerprint density at radius 3 is 2.82 bits per heavy atom. The van der Waals surface area contributed by atoms with Gasteiger partial charge in [-0.25, -0.2) is 0 Å². The average molecular weight is 144 g/mol. The Morgan fingerprint density at radius 1 is 1.18 bits per heavy atom. The molecule has 0 spiro atoms. The van der Waals surface area contributed by atoms with Gasteiger partial charge in [0.25, 0.3) is 0 Å². The van der Waals surface area contributed by atoms with Gasteiger partial charge in [0, 0.05) is 17.4 Å². The van der Waals surface area contributed by atoms with Crippen molar-refractivity contribution in [3.63, 3.8) is 0 Å². The molecule has 0 aromatic carbocycles. The predicted molar refractivity (Wildman–Crippen MR) is 41.9 cm³/mol. The Bertz CT molecular complexity index is 317. The lowest BCUT2D eigenvalue weighted by atomic mass is 9.99. The third-order valence-electron chi connectivity index (χ3n) is 2.84. The lowest BCUT2D eigenvalue weighted by molar-refractivity contribution is -0.111. The molecule has 54 valence electrons. The number of carbonyl (C=O) groups is 1. The number of allylic oxidation sites excluding steroid dienone is 6. The third-order valence-corrected chi connectivity index (χ3v) is 2.84. The van der Waals surface area contributed by atoms with E-state index in [1.807, 2.05) is 6.08 Å². The van der Waals surface area contributed by atoms with Crippen LogP contribution in [0.4, 0.5) is 0 Å². The van der Waals surface area contributed by atoms with Gasteiger partial charge in [-0.05, 0) is 18.1 Å². The van der Waals surface area contributed by atoms with Crippen molar-refractivity contribution in [2.45, 2.75) is 6.42 Å². The number of rotatable bonds is 0. The van der Waals surface area contributed by atoms with Gasteiger partial charge in [0.05, 0.1) is 0 Å². The largest absolute Gasteiger partial charge is 0.290 e. The molecule has 3 aliphatic rings. The van der Waals surface area contributed by atoms with Gasteiger partial charge < -0.3 is 0 Å². The number of fused-ring (bicyclic) bond motifs is 4. The Balaban J connectivity index is 2.20. The van der Waals surface area contributed by atoms with Gasteiger partial charge in [-0.2, -0.15) is 0 Å². The van der Waals surface area contributed by atoms with E-state index in [0.29, 0.717) is 11.8 Å². The molecule has 0 saturated carbocycles. The molecular formula is C10H8O. The summed E-state index contributed by atoms with van der Waals surface area (Å²) in [4.78, 5) is 11.3. The van der Waals surface area contributed by atoms with Crippen molar-refractivity contribution in [1.82, 2.24) is 0 Å². The molecule has 2 atom stereocenters. The van der Waals surface area contributed by atoms with Crippen molar-refractivity contribution < 1.29 is 4.79 Å². The van der Waals surface area contributed by atoms with Crippen LogP contribution in [0.3, 0.4) is 0 Å². The summed E-state index contributed by atoms with van der Waals surface area (Å²) in [6, 6.07) is 0. The molecular weight excluding hydrogens is 136 g/mol. The Morgan fingerprint density at radius 2 is 2.00 bits per heavy atom. The molecule has 0 amide bonds. The van der Waals surface area contributed by atoms with Gasteiger partial charge in [-0.3, -0.25) is 4.79 Å². The Labute approximate surface area is 65.1 Å². The zero-order chi connectivity index (χ0) is 7.42. The van der Waals surface area contributed by atoms with Crippen molar-refractivity contribution in [3.05, 3.63) is 35.5 Å². The number of carbonyl (C=O) groups excluding carboxylic acids is 1. The third kappa shape index (κ3) is 0.506. The second kappa shape index (κ2) is 1.55. The van der Waals surface area contributed by atoms with Gasteiger partial charge in [0.2, 0.25) is 0 Å². The van der Waals surface area contributed by atoms with Crippen LogP contribution in [0, 0.1) is 11.8 Å². The molecule has 0 heterocycles. The van der Waals surface area contributed by atoms with E-state index >= 15 is 0 Å². The van der Waals surface area contributed by atoms with Crippen LogP contribution >= 0.6 is 0 Å². The molecule has 1 heteroatoms. The van der Waals surface area contributed by atoms with E-state index in [4.69, 9.17) is 0 Å². The molecule has 0 N–H and O–H groups in total. The molecule has 0 aliphatic heterocycles. The van der Waals surface area contributed by atoms with E-state index in [1.165, 1.54) is 5.57 Å². The summed E-state index contributed by atoms with van der Waals surface area (Å²) < 4.78 is 0. The average Bonchev–Trinajstić information content (AvgIpc) is 2.60. The number of hydrogen-bond donors (Lipinski definition) is 0. The second-order valence-corrected chi connectivity index (χ2v) is 3.40. The molecule has 3 rings (SSSR count). The molecule has 2 unspecified atom stereocenters. The summed E-state index contributed by atoms with van der Waals surface area (Å²) >= 11 is 0. The summed E-state index contributed by atoms with van der Waals surface area (Å²) in [6.45, 7) is 0. The zero-order valence-electron chi connectivity index (χ0n) is 6.08. The van der Waals surface area contributed by atoms with Crippen LogP contribution < -0.4 is 0 Å². The maximum Gasteiger partial charge on any atom is 0.182 e. The predicted octanol–water partition coefficient (Wildman–Crippen LogP) is 1.63. The van der Waals surface area contributed by atoms with Gasteiger partial charge in [-0.15, -0.1) is 0 Å². The first-order valence-corrected chi connectivity index (χ1v) is 4.01. The minimum atomic E-state index is 0.247. The summed E-state index contributed by atoms with van der Waals surface area (Å²) in [5.41, 5.74) is 2.38. The number of ketones is 1. The Kier molecular flexibility index (Phi) is 0.780. The van der Waals surface area contributed by atoms with Gasteiger partial charge >= 0.3 is 0 Å². The highest BCUT2D eigenvalue weighted by atomic mass is 16.1. The molecule has 1 nitrogen and oxygen atoms in total. The second-order valence-electron chi connectivity index (χ2n) is 3.40. The monoisotopic (exact) mass is 144 g/mol. The molecule has 0 aromatic rings. The first-order chi connectivity index (χ1) is 5.36. The van der Waals surface area contributed by atoms with Gasteiger partial charge in [0.1, 0.15) is 0 Å². The van der Waals surface area contributed by atoms with E-state index in [-0.39, 0.29) is 5.78 Å². The highest BCUT2D eigenvalue weighted by Crippen LogP contribution is 2.46. The van der Waals surface area contributed by atoms with E-state index in [0.717, 1.165) is 12.0 Å². The summed E-state index contributed by atoms with van der Waals surface area (Å²) in [5, 5.41) is 0. The fraction of sp³-hybridized carbons (Fsp3) is 0.300. The van der Waals surface area contributed by atoms with E-state index in [2.05, 4.69) is 12.2 Å². The molecule has 3 aliphatic carbocycles. The molecule has 2 bridgehead atoms. The minimum absolute atomic E-state index is 0.247. The highest BCUT2D eigenvalue weighted by molar-refractivity contribution is 6.09. The molecule has 0 fully saturated rings. The number of hydrogen-bond acceptors (Lipinski definition) is 1. The van der Waals surface area contributed by atoms with Crippen molar-refractivity contribution in [2.24, 2.45) is 11.8 Å². The van der Waals surface area contributed by atoms with Gasteiger partial charge in [-0.1, -0.05) is 18.2 Å². The van der Waals surface area contributed by atoms with Crippen LogP contribution in [-0.4, -0.2) is 5.78 Å². The van der Waals surface area contributed by atoms with Crippen LogP contribution in [0.25, 0.3) is 0 Å². The van der Waals surface area contributed by atoms with E-state index in [9.17, 15) is 4.79 Å². The molecule has 0 aromatic heterocycles. The smallest absolute Gasteiger partial charge is 0.182 e. The lowest BCUT2D eigenvalue weighted by Gasteiger charge is -2.04. The normalized spacial score (nSPS) is 37.6. The molecule has 0 saturated heterocycles. The molecule has 0 radical (unpaired) electrons. The van der Waals surface area contributed by atoms with Crippen molar-refractivity contribution in [2.75, 3.05) is 0 Å². The van der Waals surface area contributed by atoms with Crippen molar-refractivity contribution in [3.8, 4) is 0 Å². The Hall–Kier alpha value is -1.11. The maximum atomic E-state index is 11.3. The minimum Gasteiger partial charge on any atom is -0.290 e. The van der Waals surface area contributed by atoms with E-state index < -0.39 is 0 Å². The van der Waals surface area contributed by atoms with Crippen molar-refractivity contribution in [1.29, 1.82) is 0 Å². The fourth-order valence-electron chi connectivity index (χ4n) is 2.35. The first kappa shape index (κ1) is 5.53. The van der Waals surface area contributed by atoms with Crippen LogP contribution in [0.1, 0.15) is 6.42 Å². The van der Waals surface area contributed by atoms with E-state index in [1.54, 1.807) is 6.08 Å². The highest BCUT2D eigenvalue weighted by Gasteiger charge is 2.38. The standard InChI is InChI=1S/C10H8O/c11-9-4-3-8-6-1-2-7(5-6)10(8)9/h1-4,6-7H,5H2. The first-order valence-electron chi connectivity index (χ1n) is 4.01. The van der Waals surface area contributed by atoms with Crippen LogP contribution in [0.2, 0.25) is 0 Å². The molecule has 11 heavy (non-hydrogen) atoms. The summed E-state index contributed by atoms with van der Waals surface area (Å²) in [5.74, 6) is 1.27. The van der Waals surface area contributed by atoms with Crippen LogP contribution in [0.5, 0.6) is 0 Å². The fourth-order valence-corrected chi connectivity index (χ4v) is 2.35. The maximum absolute atomic E-state index is 11.3. The van der Waals surface area contributed by atoms with Crippen LogP contribution in [0.15, 0.2) is 35.5 Å². The summed E-state index contributed by atoms with van der Waals surface area (Å²) in [6.07, 6.45) is 9.25. The topological polar surface area (TPSA) is 17.1 Å². The summed E-state index contributed by atoms with van der Waals surface area (Å²) in [7, 11) is 0. The SMILES string of the molecule is O=C1C=CC2=C1C1C=CC2C1. The quantitative estimate of drug-likeness (QED) is 0.472. The zero-order valence-corrected chi connectivity index (χ0v) is 6.08. The van der Waals surface area contributed by atoms with Crippen molar-refractivity contribution >= 4 is 5.78 Å². The van der Waals surface area contributed by atoms with Crippen LogP contribution in [-0.2, 0) is 4.79 Å². The lowest BCUT2D eigenvalue weighted by Crippen LogP contribution is -2.02.